The first kappa shape index (κ1) is 12.0. The topological polar surface area (TPSA) is 26.3 Å². The number of esters is 1. The second-order valence-electron chi connectivity index (χ2n) is 2.75. The fraction of sp³-hybridized carbons (Fsp3) is 0.500. The standard InChI is InChI=1S/C10H17BO2/c1-3-5-10(8-11)6-4-7-13-9(2)12/h4-6H,3,7-8,11H2,1-2H3/b6-4-,10-5-. The van der Waals surface area contributed by atoms with Crippen LogP contribution in [0, 0.1) is 0 Å². The summed E-state index contributed by atoms with van der Waals surface area (Å²) in [5.74, 6) is -0.234. The van der Waals surface area contributed by atoms with E-state index >= 15 is 0 Å². The number of carbonyl (C=O) groups is 1. The van der Waals surface area contributed by atoms with Crippen molar-refractivity contribution in [3.8, 4) is 0 Å². The highest BCUT2D eigenvalue weighted by Gasteiger charge is 1.88. The molecule has 0 aliphatic heterocycles. The zero-order valence-corrected chi connectivity index (χ0v) is 8.67. The molecule has 0 aromatic rings. The van der Waals surface area contributed by atoms with Crippen molar-refractivity contribution in [2.45, 2.75) is 26.6 Å². The first-order valence-corrected chi connectivity index (χ1v) is 4.69. The van der Waals surface area contributed by atoms with Crippen LogP contribution in [0.3, 0.4) is 0 Å². The molecule has 0 aliphatic rings. The molecule has 0 rings (SSSR count). The zero-order chi connectivity index (χ0) is 10.1. The first-order chi connectivity index (χ1) is 6.20. The van der Waals surface area contributed by atoms with E-state index in [0.717, 1.165) is 12.7 Å². The lowest BCUT2D eigenvalue weighted by Crippen LogP contribution is -1.97. The van der Waals surface area contributed by atoms with Crippen LogP contribution in [0.1, 0.15) is 20.3 Å². The predicted molar refractivity (Wildman–Crippen MR) is 57.5 cm³/mol. The SMILES string of the molecule is BCC(/C=C\COC(C)=O)=C\CC. The summed E-state index contributed by atoms with van der Waals surface area (Å²) in [4.78, 5) is 10.4. The molecule has 0 N–H and O–H groups in total. The van der Waals surface area contributed by atoms with Crippen LogP contribution in [-0.4, -0.2) is 20.4 Å². The average Bonchev–Trinajstić information content (AvgIpc) is 2.10. The lowest BCUT2D eigenvalue weighted by molar-refractivity contribution is -0.139. The predicted octanol–water partition coefficient (Wildman–Crippen LogP) is 1.49. The highest BCUT2D eigenvalue weighted by molar-refractivity contribution is 6.10. The van der Waals surface area contributed by atoms with Gasteiger partial charge in [-0.25, -0.2) is 0 Å². The molecule has 0 heterocycles. The van der Waals surface area contributed by atoms with E-state index in [4.69, 9.17) is 4.74 Å². The maximum atomic E-state index is 10.4. The fourth-order valence-electron chi connectivity index (χ4n) is 0.957. The van der Waals surface area contributed by atoms with Crippen molar-refractivity contribution in [3.05, 3.63) is 23.8 Å². The molecule has 0 aromatic heterocycles. The molecule has 0 saturated heterocycles. The van der Waals surface area contributed by atoms with Crippen molar-refractivity contribution in [2.24, 2.45) is 0 Å². The minimum Gasteiger partial charge on any atom is -0.462 e. The third-order valence-corrected chi connectivity index (χ3v) is 1.59. The van der Waals surface area contributed by atoms with Gasteiger partial charge in [-0.2, -0.15) is 0 Å². The lowest BCUT2D eigenvalue weighted by Gasteiger charge is -1.97. The van der Waals surface area contributed by atoms with Gasteiger partial charge < -0.3 is 4.74 Å². The van der Waals surface area contributed by atoms with E-state index in [0.29, 0.717) is 6.61 Å². The molecular weight excluding hydrogens is 163 g/mol. The number of hydrogen-bond acceptors (Lipinski definition) is 2. The number of ether oxygens (including phenoxy) is 1. The van der Waals surface area contributed by atoms with Gasteiger partial charge in [0.15, 0.2) is 0 Å². The van der Waals surface area contributed by atoms with Crippen molar-refractivity contribution in [3.63, 3.8) is 0 Å². The number of carbonyl (C=O) groups excluding carboxylic acids is 1. The summed E-state index contributed by atoms with van der Waals surface area (Å²) in [7, 11) is 2.11. The molecule has 0 unspecified atom stereocenters. The van der Waals surface area contributed by atoms with Crippen molar-refractivity contribution in [1.29, 1.82) is 0 Å². The van der Waals surface area contributed by atoms with Gasteiger partial charge in [0.1, 0.15) is 14.5 Å². The van der Waals surface area contributed by atoms with E-state index in [1.807, 2.05) is 12.2 Å². The number of hydrogen-bond donors (Lipinski definition) is 0. The molecule has 0 amide bonds. The Labute approximate surface area is 81.1 Å². The highest BCUT2D eigenvalue weighted by atomic mass is 16.5. The van der Waals surface area contributed by atoms with Crippen LogP contribution in [0.25, 0.3) is 0 Å². The smallest absolute Gasteiger partial charge is 0.302 e. The summed E-state index contributed by atoms with van der Waals surface area (Å²) >= 11 is 0. The Bertz CT molecular complexity index is 207. The number of allylic oxidation sites excluding steroid dienone is 3. The van der Waals surface area contributed by atoms with E-state index in [-0.39, 0.29) is 5.97 Å². The summed E-state index contributed by atoms with van der Waals surface area (Å²) in [6, 6.07) is 0. The molecule has 13 heavy (non-hydrogen) atoms. The highest BCUT2D eigenvalue weighted by Crippen LogP contribution is 2.02. The summed E-state index contributed by atoms with van der Waals surface area (Å²) in [6.07, 6.45) is 8.11. The van der Waals surface area contributed by atoms with Crippen LogP contribution in [-0.2, 0) is 9.53 Å². The van der Waals surface area contributed by atoms with Crippen LogP contribution in [0.2, 0.25) is 6.32 Å². The monoisotopic (exact) mass is 180 g/mol. The largest absolute Gasteiger partial charge is 0.462 e. The summed E-state index contributed by atoms with van der Waals surface area (Å²) < 4.78 is 4.76. The number of rotatable bonds is 5. The quantitative estimate of drug-likeness (QED) is 0.364. The van der Waals surface area contributed by atoms with E-state index in [1.165, 1.54) is 12.5 Å². The zero-order valence-electron chi connectivity index (χ0n) is 8.67. The van der Waals surface area contributed by atoms with Crippen molar-refractivity contribution < 1.29 is 9.53 Å². The Morgan fingerprint density at radius 2 is 2.23 bits per heavy atom. The molecule has 2 nitrogen and oxygen atoms in total. The summed E-state index contributed by atoms with van der Waals surface area (Å²) in [5, 5.41) is 0. The molecule has 0 radical (unpaired) electrons. The second kappa shape index (κ2) is 7.65. The minimum atomic E-state index is -0.234. The lowest BCUT2D eigenvalue weighted by atomic mass is 9.96. The summed E-state index contributed by atoms with van der Waals surface area (Å²) in [6.45, 7) is 3.89. The molecule has 72 valence electrons. The van der Waals surface area contributed by atoms with Crippen molar-refractivity contribution in [1.82, 2.24) is 0 Å². The molecular formula is C10H17BO2. The first-order valence-electron chi connectivity index (χ1n) is 4.69. The molecule has 0 saturated carbocycles. The molecule has 0 fully saturated rings. The maximum Gasteiger partial charge on any atom is 0.302 e. The Morgan fingerprint density at radius 3 is 2.69 bits per heavy atom. The summed E-state index contributed by atoms with van der Waals surface area (Å²) in [5.41, 5.74) is 1.29. The molecule has 0 aliphatic carbocycles. The van der Waals surface area contributed by atoms with Crippen LogP contribution >= 0.6 is 0 Å². The molecule has 0 aromatic carbocycles. The Balaban J connectivity index is 3.80. The average molecular weight is 180 g/mol. The molecule has 0 spiro atoms. The van der Waals surface area contributed by atoms with Crippen LogP contribution in [0.15, 0.2) is 23.8 Å². The van der Waals surface area contributed by atoms with E-state index in [1.54, 1.807) is 0 Å². The van der Waals surface area contributed by atoms with E-state index in [9.17, 15) is 4.79 Å². The van der Waals surface area contributed by atoms with Gasteiger partial charge in [-0.3, -0.25) is 4.79 Å². The van der Waals surface area contributed by atoms with Gasteiger partial charge >= 0.3 is 5.97 Å². The molecule has 3 heteroatoms. The van der Waals surface area contributed by atoms with Gasteiger partial charge in [0.25, 0.3) is 0 Å². The third kappa shape index (κ3) is 7.38. The van der Waals surface area contributed by atoms with Crippen LogP contribution < -0.4 is 0 Å². The Morgan fingerprint density at radius 1 is 1.54 bits per heavy atom. The van der Waals surface area contributed by atoms with Crippen molar-refractivity contribution in [2.75, 3.05) is 6.61 Å². The fourth-order valence-corrected chi connectivity index (χ4v) is 0.957. The second-order valence-corrected chi connectivity index (χ2v) is 2.75. The van der Waals surface area contributed by atoms with E-state index in [2.05, 4.69) is 20.8 Å². The van der Waals surface area contributed by atoms with Gasteiger partial charge in [-0.05, 0) is 12.5 Å². The van der Waals surface area contributed by atoms with Gasteiger partial charge in [0.2, 0.25) is 0 Å². The van der Waals surface area contributed by atoms with Gasteiger partial charge in [0.05, 0.1) is 0 Å². The minimum absolute atomic E-state index is 0.234. The van der Waals surface area contributed by atoms with Gasteiger partial charge in [-0.15, -0.1) is 0 Å². The maximum absolute atomic E-state index is 10.4. The van der Waals surface area contributed by atoms with Crippen molar-refractivity contribution >= 4 is 13.8 Å². The normalized spacial score (nSPS) is 12.0. The van der Waals surface area contributed by atoms with Gasteiger partial charge in [-0.1, -0.05) is 31.0 Å². The van der Waals surface area contributed by atoms with Crippen LogP contribution in [0.4, 0.5) is 0 Å². The Hall–Kier alpha value is -0.985. The molecule has 0 bridgehead atoms. The Kier molecular flexibility index (Phi) is 7.07. The van der Waals surface area contributed by atoms with Crippen LogP contribution in [0.5, 0.6) is 0 Å². The third-order valence-electron chi connectivity index (χ3n) is 1.59. The van der Waals surface area contributed by atoms with E-state index < -0.39 is 0 Å². The van der Waals surface area contributed by atoms with Gasteiger partial charge in [0, 0.05) is 6.92 Å². The molecule has 0 atom stereocenters.